The molecule has 3 fully saturated rings. The van der Waals surface area contributed by atoms with Crippen molar-refractivity contribution in [2.75, 3.05) is 6.61 Å². The summed E-state index contributed by atoms with van der Waals surface area (Å²) in [5.41, 5.74) is -3.48. The molecule has 3 saturated heterocycles. The molecule has 0 aromatic heterocycles. The Kier molecular flexibility index (Phi) is 14.6. The van der Waals surface area contributed by atoms with Crippen LogP contribution >= 0.6 is 0 Å². The fourth-order valence-electron chi connectivity index (χ4n) is 8.35. The van der Waals surface area contributed by atoms with Crippen molar-refractivity contribution >= 4 is 5.97 Å². The quantitative estimate of drug-likeness (QED) is 0.164. The molecule has 0 aliphatic carbocycles. The van der Waals surface area contributed by atoms with Crippen molar-refractivity contribution in [2.24, 2.45) is 29.6 Å². The molecular weight excluding hydrogens is 672 g/mol. The molecule has 52 heavy (non-hydrogen) atoms. The van der Waals surface area contributed by atoms with Crippen molar-refractivity contribution in [3.63, 3.8) is 0 Å². The standard InChI is InChI=1S/C40H68O12/c1-8-29(41)19-31-25(3)13-17-39(51-31)21-32-27(5)33(52-39)22-40(48)28(18-24(2)23-49-40)12-10-9-11-15-37(6,46)34(43)20-30(42)26(4)36(45)38(7,47)16-14-35(44)50-32/h10,12,14,16,24-34,36,41-43,45-48H,8-9,11,13,15,17-23H2,1-7H3/t24-,25-,26+,27-,28+,29+,30+,31-,32+,33+,34+,36+,37+,38-,39+,40+/m0/s1. The Hall–Kier alpha value is -1.45. The normalized spacial score (nSPS) is 48.2. The predicted molar refractivity (Wildman–Crippen MR) is 193 cm³/mol. The molecule has 300 valence electrons. The van der Waals surface area contributed by atoms with Gasteiger partial charge >= 0.3 is 5.97 Å². The Bertz CT molecular complexity index is 1220. The maximum atomic E-state index is 13.4. The third kappa shape index (κ3) is 10.6. The Morgan fingerprint density at radius 2 is 1.65 bits per heavy atom. The highest BCUT2D eigenvalue weighted by Crippen LogP contribution is 2.48. The molecule has 16 atom stereocenters. The molecule has 4 rings (SSSR count). The molecule has 1 spiro atoms. The van der Waals surface area contributed by atoms with Gasteiger partial charge in [0.2, 0.25) is 0 Å². The first-order valence-corrected chi connectivity index (χ1v) is 19.7. The minimum absolute atomic E-state index is 0.0880. The summed E-state index contributed by atoms with van der Waals surface area (Å²) >= 11 is 0. The van der Waals surface area contributed by atoms with E-state index in [-0.39, 0.29) is 49.5 Å². The molecule has 0 unspecified atom stereocenters. The molecule has 0 radical (unpaired) electrons. The van der Waals surface area contributed by atoms with E-state index in [1.807, 2.05) is 26.0 Å². The number of carbonyl (C=O) groups is 1. The lowest BCUT2D eigenvalue weighted by molar-refractivity contribution is -0.362. The zero-order valence-electron chi connectivity index (χ0n) is 32.4. The minimum Gasteiger partial charge on any atom is -0.459 e. The van der Waals surface area contributed by atoms with E-state index in [0.29, 0.717) is 45.1 Å². The van der Waals surface area contributed by atoms with Gasteiger partial charge in [0.15, 0.2) is 11.6 Å². The number of hydrogen-bond acceptors (Lipinski definition) is 12. The second kappa shape index (κ2) is 17.6. The molecule has 0 aromatic carbocycles. The highest BCUT2D eigenvalue weighted by molar-refractivity contribution is 5.82. The van der Waals surface area contributed by atoms with Gasteiger partial charge in [0.05, 0.1) is 48.8 Å². The van der Waals surface area contributed by atoms with E-state index in [9.17, 15) is 40.5 Å². The van der Waals surface area contributed by atoms with Gasteiger partial charge < -0.3 is 54.7 Å². The predicted octanol–water partition coefficient (Wildman–Crippen LogP) is 3.65. The fraction of sp³-hybridized carbons (Fsp3) is 0.875. The molecule has 0 amide bonds. The summed E-state index contributed by atoms with van der Waals surface area (Å²) in [6, 6.07) is 0. The van der Waals surface area contributed by atoms with Gasteiger partial charge in [0, 0.05) is 49.5 Å². The van der Waals surface area contributed by atoms with Crippen LogP contribution in [0.25, 0.3) is 0 Å². The van der Waals surface area contributed by atoms with Gasteiger partial charge in [-0.15, -0.1) is 0 Å². The summed E-state index contributed by atoms with van der Waals surface area (Å²) in [6.45, 7) is 12.7. The van der Waals surface area contributed by atoms with E-state index in [1.54, 1.807) is 0 Å². The summed E-state index contributed by atoms with van der Waals surface area (Å²) in [4.78, 5) is 13.4. The Balaban J connectivity index is 1.69. The monoisotopic (exact) mass is 740 g/mol. The maximum absolute atomic E-state index is 13.4. The Labute approximate surface area is 310 Å². The molecule has 0 saturated carbocycles. The molecule has 7 N–H and O–H groups in total. The van der Waals surface area contributed by atoms with Crippen molar-refractivity contribution < 1.29 is 59.5 Å². The van der Waals surface area contributed by atoms with Crippen molar-refractivity contribution in [1.82, 2.24) is 0 Å². The Morgan fingerprint density at radius 3 is 2.35 bits per heavy atom. The average molecular weight is 741 g/mol. The van der Waals surface area contributed by atoms with E-state index in [0.717, 1.165) is 18.6 Å². The second-order valence-electron chi connectivity index (χ2n) is 17.2. The molecule has 12 nitrogen and oxygen atoms in total. The molecule has 4 aliphatic heterocycles. The van der Waals surface area contributed by atoms with Crippen molar-refractivity contribution in [3.05, 3.63) is 24.3 Å². The van der Waals surface area contributed by atoms with Crippen LogP contribution in [0.15, 0.2) is 24.3 Å². The third-order valence-corrected chi connectivity index (χ3v) is 12.5. The van der Waals surface area contributed by atoms with Crippen LogP contribution in [0, 0.1) is 29.6 Å². The zero-order chi connectivity index (χ0) is 38.6. The molecular formula is C40H68O12. The van der Waals surface area contributed by atoms with E-state index in [4.69, 9.17) is 18.9 Å². The maximum Gasteiger partial charge on any atom is 0.330 e. The van der Waals surface area contributed by atoms with Gasteiger partial charge in [-0.3, -0.25) is 0 Å². The molecule has 2 bridgehead atoms. The SMILES string of the molecule is CC[C@@H](O)C[C@@H]1O[C@@]2(CC[C@@H]1C)C[C@H]1OC(=O)C=C[C@](C)(O)[C@H](O)[C@H](C)[C@H](O)C[C@@H](O)[C@](C)(O)CCCC=C[C@@H]3C[C@H](C)CO[C@]3(O)C[C@@H](O2)[C@H]1C. The third-order valence-electron chi connectivity index (χ3n) is 12.5. The van der Waals surface area contributed by atoms with Crippen molar-refractivity contribution in [2.45, 2.75) is 185 Å². The summed E-state index contributed by atoms with van der Waals surface area (Å²) < 4.78 is 25.8. The van der Waals surface area contributed by atoms with E-state index >= 15 is 0 Å². The molecule has 4 heterocycles. The van der Waals surface area contributed by atoms with Crippen molar-refractivity contribution in [1.29, 1.82) is 0 Å². The zero-order valence-corrected chi connectivity index (χ0v) is 32.4. The smallest absolute Gasteiger partial charge is 0.330 e. The molecule has 12 heteroatoms. The van der Waals surface area contributed by atoms with Crippen LogP contribution in [-0.4, -0.2) is 114 Å². The number of rotatable bonds is 3. The first kappa shape index (κ1) is 43.3. The van der Waals surface area contributed by atoms with Crippen LogP contribution in [0.4, 0.5) is 0 Å². The molecule has 0 aromatic rings. The molecule has 4 aliphatic rings. The number of aliphatic hydroxyl groups is 7. The van der Waals surface area contributed by atoms with Gasteiger partial charge in [-0.1, -0.05) is 46.8 Å². The lowest BCUT2D eigenvalue weighted by Gasteiger charge is -2.53. The lowest BCUT2D eigenvalue weighted by Crippen LogP contribution is -2.59. The van der Waals surface area contributed by atoms with Gasteiger partial charge in [-0.25, -0.2) is 4.79 Å². The van der Waals surface area contributed by atoms with Gasteiger partial charge in [0.1, 0.15) is 11.7 Å². The summed E-state index contributed by atoms with van der Waals surface area (Å²) in [5.74, 6) is -4.82. The average Bonchev–Trinajstić information content (AvgIpc) is 3.08. The van der Waals surface area contributed by atoms with E-state index < -0.39 is 77.2 Å². The van der Waals surface area contributed by atoms with E-state index in [2.05, 4.69) is 13.8 Å². The summed E-state index contributed by atoms with van der Waals surface area (Å²) in [5, 5.41) is 77.8. The number of hydrogen-bond donors (Lipinski definition) is 7. The van der Waals surface area contributed by atoms with Crippen molar-refractivity contribution in [3.8, 4) is 0 Å². The highest BCUT2D eigenvalue weighted by atomic mass is 16.7. The topological polar surface area (TPSA) is 196 Å². The number of allylic oxidation sites excluding steroid dienone is 1. The minimum atomic E-state index is -1.95. The fourth-order valence-corrected chi connectivity index (χ4v) is 8.35. The number of carbonyl (C=O) groups excluding carboxylic acids is 1. The van der Waals surface area contributed by atoms with Crippen LogP contribution < -0.4 is 0 Å². The summed E-state index contributed by atoms with van der Waals surface area (Å²) in [7, 11) is 0. The lowest BCUT2D eigenvalue weighted by atomic mass is 9.77. The summed E-state index contributed by atoms with van der Waals surface area (Å²) in [6.07, 6.45) is 4.21. The van der Waals surface area contributed by atoms with Crippen LogP contribution in [-0.2, 0) is 23.7 Å². The number of fused-ring (bicyclic) bond motifs is 3. The van der Waals surface area contributed by atoms with Gasteiger partial charge in [-0.2, -0.15) is 0 Å². The van der Waals surface area contributed by atoms with Crippen LogP contribution in [0.3, 0.4) is 0 Å². The highest BCUT2D eigenvalue weighted by Gasteiger charge is 2.54. The largest absolute Gasteiger partial charge is 0.459 e. The first-order chi connectivity index (χ1) is 24.2. The second-order valence-corrected chi connectivity index (χ2v) is 17.2. The number of esters is 1. The van der Waals surface area contributed by atoms with Gasteiger partial charge in [0.25, 0.3) is 0 Å². The van der Waals surface area contributed by atoms with Crippen LogP contribution in [0.1, 0.15) is 119 Å². The van der Waals surface area contributed by atoms with Crippen LogP contribution in [0.2, 0.25) is 0 Å². The van der Waals surface area contributed by atoms with E-state index in [1.165, 1.54) is 20.8 Å². The number of ether oxygens (including phenoxy) is 4. The van der Waals surface area contributed by atoms with Crippen LogP contribution in [0.5, 0.6) is 0 Å². The Morgan fingerprint density at radius 1 is 0.942 bits per heavy atom. The van der Waals surface area contributed by atoms with Gasteiger partial charge in [-0.05, 0) is 76.7 Å². The first-order valence-electron chi connectivity index (χ1n) is 19.7. The number of aliphatic hydroxyl groups excluding tert-OH is 4.